The monoisotopic (exact) mass is 256 g/mol. The zero-order valence-electron chi connectivity index (χ0n) is 9.77. The van der Waals surface area contributed by atoms with E-state index in [1.165, 1.54) is 11.3 Å². The van der Waals surface area contributed by atoms with Gasteiger partial charge >= 0.3 is 5.97 Å². The van der Waals surface area contributed by atoms with Crippen LogP contribution in [0.25, 0.3) is 0 Å². The van der Waals surface area contributed by atoms with Crippen LogP contribution < -0.4 is 11.1 Å². The molecule has 0 aliphatic rings. The van der Waals surface area contributed by atoms with Crippen LogP contribution in [0.4, 0.5) is 0 Å². The number of carbonyl (C=O) groups excluding carboxylic acids is 1. The predicted molar refractivity (Wildman–Crippen MR) is 65.9 cm³/mol. The lowest BCUT2D eigenvalue weighted by Gasteiger charge is -2.17. The molecule has 5 nitrogen and oxygen atoms in total. The van der Waals surface area contributed by atoms with Crippen LogP contribution in [-0.4, -0.2) is 23.0 Å². The zero-order valence-corrected chi connectivity index (χ0v) is 10.6. The number of hydrogen-bond acceptors (Lipinski definition) is 4. The molecule has 0 aliphatic heterocycles. The molecule has 0 aromatic carbocycles. The van der Waals surface area contributed by atoms with Gasteiger partial charge in [-0.05, 0) is 12.0 Å². The van der Waals surface area contributed by atoms with Crippen LogP contribution in [0.3, 0.4) is 0 Å². The maximum Gasteiger partial charge on any atom is 0.320 e. The lowest BCUT2D eigenvalue weighted by atomic mass is 10.1. The lowest BCUT2D eigenvalue weighted by Crippen LogP contribution is -2.40. The quantitative estimate of drug-likeness (QED) is 0.709. The average molecular weight is 256 g/mol. The first kappa shape index (κ1) is 13.7. The fraction of sp³-hybridized carbons (Fsp3) is 0.455. The number of rotatable bonds is 6. The molecule has 0 saturated heterocycles. The normalized spacial score (nSPS) is 12.6. The van der Waals surface area contributed by atoms with Gasteiger partial charge in [0.1, 0.15) is 6.04 Å². The summed E-state index contributed by atoms with van der Waals surface area (Å²) in [6.45, 7) is 4.11. The minimum absolute atomic E-state index is 0.00285. The maximum absolute atomic E-state index is 10.9. The van der Waals surface area contributed by atoms with E-state index in [0.29, 0.717) is 12.1 Å². The fourth-order valence-electron chi connectivity index (χ4n) is 1.42. The minimum atomic E-state index is -0.869. The van der Waals surface area contributed by atoms with Crippen LogP contribution >= 0.6 is 11.3 Å². The number of nitrogens with two attached hydrogens (primary N) is 1. The van der Waals surface area contributed by atoms with Crippen molar-refractivity contribution in [2.75, 3.05) is 0 Å². The number of carbonyl (C=O) groups is 2. The van der Waals surface area contributed by atoms with Gasteiger partial charge in [0.15, 0.2) is 0 Å². The number of hydrogen-bond donors (Lipinski definition) is 3. The van der Waals surface area contributed by atoms with Crippen molar-refractivity contribution in [2.45, 2.75) is 26.4 Å². The molecule has 0 aliphatic carbocycles. The summed E-state index contributed by atoms with van der Waals surface area (Å²) in [5.41, 5.74) is 5.59. The van der Waals surface area contributed by atoms with Crippen molar-refractivity contribution in [1.29, 1.82) is 0 Å². The summed E-state index contributed by atoms with van der Waals surface area (Å²) in [5.74, 6) is -1.33. The van der Waals surface area contributed by atoms with Crippen LogP contribution in [0, 0.1) is 5.92 Å². The van der Waals surface area contributed by atoms with Crippen LogP contribution in [0.15, 0.2) is 11.4 Å². The van der Waals surface area contributed by atoms with Crippen molar-refractivity contribution in [3.8, 4) is 0 Å². The van der Waals surface area contributed by atoms with E-state index in [-0.39, 0.29) is 5.92 Å². The van der Waals surface area contributed by atoms with Crippen molar-refractivity contribution in [3.05, 3.63) is 21.9 Å². The molecule has 1 aromatic heterocycles. The summed E-state index contributed by atoms with van der Waals surface area (Å²) in [4.78, 5) is 22.7. The van der Waals surface area contributed by atoms with Crippen LogP contribution in [0.1, 0.15) is 29.1 Å². The van der Waals surface area contributed by atoms with Gasteiger partial charge in [-0.25, -0.2) is 0 Å². The van der Waals surface area contributed by atoms with Gasteiger partial charge in [-0.2, -0.15) is 0 Å². The first-order chi connectivity index (χ1) is 7.91. The molecule has 4 N–H and O–H groups in total. The summed E-state index contributed by atoms with van der Waals surface area (Å²) >= 11 is 1.39. The van der Waals surface area contributed by atoms with Crippen molar-refractivity contribution in [2.24, 2.45) is 11.7 Å². The molecular weight excluding hydrogens is 240 g/mol. The van der Waals surface area contributed by atoms with E-state index in [1.54, 1.807) is 11.4 Å². The highest BCUT2D eigenvalue weighted by molar-refractivity contribution is 7.10. The number of carboxylic acid groups (broad SMARTS) is 1. The topological polar surface area (TPSA) is 92.4 Å². The van der Waals surface area contributed by atoms with Gasteiger partial charge in [-0.1, -0.05) is 13.8 Å². The Morgan fingerprint density at radius 1 is 1.53 bits per heavy atom. The second-order valence-electron chi connectivity index (χ2n) is 4.11. The molecule has 0 saturated carbocycles. The van der Waals surface area contributed by atoms with E-state index in [4.69, 9.17) is 10.8 Å². The minimum Gasteiger partial charge on any atom is -0.480 e. The number of primary amides is 1. The van der Waals surface area contributed by atoms with Crippen molar-refractivity contribution >= 4 is 23.2 Å². The molecule has 6 heteroatoms. The predicted octanol–water partition coefficient (Wildman–Crippen LogP) is 1.05. The number of thiophene rings is 1. The third-order valence-corrected chi connectivity index (χ3v) is 3.30. The Hall–Kier alpha value is -1.40. The Labute approximate surface area is 104 Å². The van der Waals surface area contributed by atoms with E-state index < -0.39 is 17.9 Å². The summed E-state index contributed by atoms with van der Waals surface area (Å²) in [6, 6.07) is 1.09. The molecule has 1 atom stereocenters. The third kappa shape index (κ3) is 3.83. The Morgan fingerprint density at radius 2 is 2.18 bits per heavy atom. The van der Waals surface area contributed by atoms with E-state index in [1.807, 2.05) is 13.8 Å². The van der Waals surface area contributed by atoms with Crippen molar-refractivity contribution < 1.29 is 14.7 Å². The highest BCUT2D eigenvalue weighted by Gasteiger charge is 2.20. The first-order valence-corrected chi connectivity index (χ1v) is 6.13. The highest BCUT2D eigenvalue weighted by Crippen LogP contribution is 2.14. The largest absolute Gasteiger partial charge is 0.480 e. The zero-order chi connectivity index (χ0) is 13.0. The second-order valence-corrected chi connectivity index (χ2v) is 5.10. The Kier molecular flexibility index (Phi) is 4.65. The van der Waals surface area contributed by atoms with Gasteiger partial charge in [0.25, 0.3) is 0 Å². The molecule has 17 heavy (non-hydrogen) atoms. The molecule has 1 rings (SSSR count). The molecule has 0 bridgehead atoms. The molecule has 94 valence electrons. The number of carboxylic acids is 1. The van der Waals surface area contributed by atoms with Crippen LogP contribution in [0.2, 0.25) is 0 Å². The molecular formula is C11H16N2O3S. The molecule has 0 fully saturated rings. The van der Waals surface area contributed by atoms with E-state index in [0.717, 1.165) is 4.88 Å². The van der Waals surface area contributed by atoms with E-state index >= 15 is 0 Å². The Morgan fingerprint density at radius 3 is 2.59 bits per heavy atom. The summed E-state index contributed by atoms with van der Waals surface area (Å²) < 4.78 is 0. The first-order valence-electron chi connectivity index (χ1n) is 5.25. The number of nitrogens with one attached hydrogen (secondary N) is 1. The highest BCUT2D eigenvalue weighted by atomic mass is 32.1. The van der Waals surface area contributed by atoms with E-state index in [2.05, 4.69) is 5.32 Å². The summed E-state index contributed by atoms with van der Waals surface area (Å²) in [5, 5.41) is 13.6. The van der Waals surface area contributed by atoms with Crippen LogP contribution in [0.5, 0.6) is 0 Å². The standard InChI is InChI=1S/C11H16N2O3S/c1-6(2)9(11(15)16)13-4-8-3-7(5-17-8)10(12)14/h3,5-6,9,13H,4H2,1-2H3,(H2,12,14)(H,15,16). The molecule has 1 unspecified atom stereocenters. The lowest BCUT2D eigenvalue weighted by molar-refractivity contribution is -0.140. The smallest absolute Gasteiger partial charge is 0.320 e. The van der Waals surface area contributed by atoms with E-state index in [9.17, 15) is 9.59 Å². The third-order valence-electron chi connectivity index (χ3n) is 2.37. The molecule has 1 heterocycles. The van der Waals surface area contributed by atoms with Gasteiger partial charge in [-0.3, -0.25) is 14.9 Å². The van der Waals surface area contributed by atoms with Gasteiger partial charge in [0, 0.05) is 16.8 Å². The number of amides is 1. The Balaban J connectivity index is 2.59. The van der Waals surface area contributed by atoms with Crippen molar-refractivity contribution in [3.63, 3.8) is 0 Å². The SMILES string of the molecule is CC(C)C(NCc1cc(C(N)=O)cs1)C(=O)O. The molecule has 0 spiro atoms. The van der Waals surface area contributed by atoms with Gasteiger partial charge in [0.2, 0.25) is 5.91 Å². The Bertz CT molecular complexity index is 415. The van der Waals surface area contributed by atoms with Gasteiger partial charge < -0.3 is 10.8 Å². The van der Waals surface area contributed by atoms with Gasteiger partial charge in [0.05, 0.1) is 5.56 Å². The second kappa shape index (κ2) is 5.79. The summed E-state index contributed by atoms with van der Waals surface area (Å²) in [6.07, 6.45) is 0. The fourth-order valence-corrected chi connectivity index (χ4v) is 2.25. The molecule has 1 aromatic rings. The summed E-state index contributed by atoms with van der Waals surface area (Å²) in [7, 11) is 0. The van der Waals surface area contributed by atoms with Crippen LogP contribution in [-0.2, 0) is 11.3 Å². The number of aliphatic carboxylic acids is 1. The maximum atomic E-state index is 10.9. The molecule has 0 radical (unpaired) electrons. The van der Waals surface area contributed by atoms with Gasteiger partial charge in [-0.15, -0.1) is 11.3 Å². The average Bonchev–Trinajstić information content (AvgIpc) is 2.65. The van der Waals surface area contributed by atoms with Crippen molar-refractivity contribution in [1.82, 2.24) is 5.32 Å². The molecule has 1 amide bonds.